The summed E-state index contributed by atoms with van der Waals surface area (Å²) in [4.78, 5) is 16.9. The van der Waals surface area contributed by atoms with Crippen LogP contribution in [0.25, 0.3) is 0 Å². The molecule has 6 heteroatoms. The van der Waals surface area contributed by atoms with Crippen LogP contribution >= 0.6 is 0 Å². The first-order chi connectivity index (χ1) is 7.95. The summed E-state index contributed by atoms with van der Waals surface area (Å²) in [6.45, 7) is 6.15. The molecular weight excluding hydrogens is 222 g/mol. The van der Waals surface area contributed by atoms with Gasteiger partial charge in [-0.25, -0.2) is 0 Å². The van der Waals surface area contributed by atoms with Gasteiger partial charge in [-0.05, 0) is 13.5 Å². The van der Waals surface area contributed by atoms with Gasteiger partial charge in [-0.3, -0.25) is 9.69 Å². The van der Waals surface area contributed by atoms with Crippen molar-refractivity contribution in [2.24, 2.45) is 0 Å². The zero-order chi connectivity index (χ0) is 13.0. The summed E-state index contributed by atoms with van der Waals surface area (Å²) in [5.41, 5.74) is 0. The molecule has 1 aromatic rings. The number of nitrogens with zero attached hydrogens (tertiary/aromatic N) is 3. The molecule has 0 aromatic carbocycles. The van der Waals surface area contributed by atoms with Gasteiger partial charge in [-0.2, -0.15) is 4.98 Å². The topological polar surface area (TPSA) is 79.5 Å². The van der Waals surface area contributed by atoms with Gasteiger partial charge in [-0.15, -0.1) is 0 Å². The van der Waals surface area contributed by atoms with Crippen molar-refractivity contribution in [3.05, 3.63) is 11.7 Å². The zero-order valence-corrected chi connectivity index (χ0v) is 10.7. The van der Waals surface area contributed by atoms with E-state index in [9.17, 15) is 4.79 Å². The third-order valence-corrected chi connectivity index (χ3v) is 2.57. The Balaban J connectivity index is 2.66. The first-order valence-electron chi connectivity index (χ1n) is 5.71. The molecule has 0 aliphatic heterocycles. The summed E-state index contributed by atoms with van der Waals surface area (Å²) in [5, 5.41) is 12.8. The molecule has 1 rings (SSSR count). The van der Waals surface area contributed by atoms with Gasteiger partial charge in [0.05, 0.1) is 6.54 Å². The largest absolute Gasteiger partial charge is 0.480 e. The summed E-state index contributed by atoms with van der Waals surface area (Å²) in [6, 6.07) is -0.518. The van der Waals surface area contributed by atoms with Crippen LogP contribution in [0, 0.1) is 0 Å². The van der Waals surface area contributed by atoms with Crippen LogP contribution in [0.3, 0.4) is 0 Å². The Bertz CT molecular complexity index is 376. The van der Waals surface area contributed by atoms with Crippen molar-refractivity contribution < 1.29 is 14.4 Å². The van der Waals surface area contributed by atoms with Gasteiger partial charge in [0.15, 0.2) is 5.82 Å². The van der Waals surface area contributed by atoms with Crippen molar-refractivity contribution in [2.45, 2.75) is 45.7 Å². The van der Waals surface area contributed by atoms with E-state index < -0.39 is 12.0 Å². The molecule has 0 bridgehead atoms. The number of likely N-dealkylation sites (N-methyl/N-ethyl adjacent to an activating group) is 1. The molecule has 1 unspecified atom stereocenters. The molecule has 17 heavy (non-hydrogen) atoms. The van der Waals surface area contributed by atoms with Crippen molar-refractivity contribution in [3.8, 4) is 0 Å². The molecule has 0 aliphatic rings. The highest BCUT2D eigenvalue weighted by Crippen LogP contribution is 2.12. The van der Waals surface area contributed by atoms with Crippen LogP contribution in [0.1, 0.15) is 44.8 Å². The Hall–Kier alpha value is -1.43. The average Bonchev–Trinajstić information content (AvgIpc) is 2.66. The van der Waals surface area contributed by atoms with Crippen LogP contribution < -0.4 is 0 Å². The highest BCUT2D eigenvalue weighted by molar-refractivity contribution is 5.73. The molecule has 1 heterocycles. The Kier molecular flexibility index (Phi) is 4.62. The van der Waals surface area contributed by atoms with Crippen molar-refractivity contribution in [3.63, 3.8) is 0 Å². The SMILES string of the molecule is CCC(C(=O)O)N(C)Cc1noc(C(C)C)n1. The van der Waals surface area contributed by atoms with Gasteiger partial charge in [0.2, 0.25) is 5.89 Å². The Labute approximate surface area is 101 Å². The molecule has 0 saturated carbocycles. The summed E-state index contributed by atoms with van der Waals surface area (Å²) in [5.74, 6) is 0.457. The first-order valence-corrected chi connectivity index (χ1v) is 5.71. The number of aliphatic carboxylic acids is 1. The normalized spacial score (nSPS) is 13.3. The van der Waals surface area contributed by atoms with E-state index in [0.29, 0.717) is 24.7 Å². The minimum atomic E-state index is -0.831. The molecule has 1 aromatic heterocycles. The van der Waals surface area contributed by atoms with Gasteiger partial charge >= 0.3 is 5.97 Å². The molecular formula is C11H19N3O3. The minimum Gasteiger partial charge on any atom is -0.480 e. The molecule has 1 atom stereocenters. The van der Waals surface area contributed by atoms with Gasteiger partial charge in [0.25, 0.3) is 0 Å². The highest BCUT2D eigenvalue weighted by Gasteiger charge is 2.22. The summed E-state index contributed by atoms with van der Waals surface area (Å²) in [7, 11) is 1.74. The number of aromatic nitrogens is 2. The fraction of sp³-hybridized carbons (Fsp3) is 0.727. The second-order valence-electron chi connectivity index (χ2n) is 4.38. The molecule has 6 nitrogen and oxygen atoms in total. The summed E-state index contributed by atoms with van der Waals surface area (Å²) in [6.07, 6.45) is 0.542. The van der Waals surface area contributed by atoms with Crippen molar-refractivity contribution in [1.82, 2.24) is 15.0 Å². The first kappa shape index (κ1) is 13.6. The van der Waals surface area contributed by atoms with E-state index in [-0.39, 0.29) is 5.92 Å². The Morgan fingerprint density at radius 2 is 2.18 bits per heavy atom. The lowest BCUT2D eigenvalue weighted by Crippen LogP contribution is -2.37. The molecule has 0 spiro atoms. The van der Waals surface area contributed by atoms with E-state index in [4.69, 9.17) is 9.63 Å². The van der Waals surface area contributed by atoms with Gasteiger partial charge in [0.1, 0.15) is 6.04 Å². The molecule has 0 fully saturated rings. The van der Waals surface area contributed by atoms with E-state index in [1.165, 1.54) is 0 Å². The van der Waals surface area contributed by atoms with E-state index in [1.54, 1.807) is 11.9 Å². The monoisotopic (exact) mass is 241 g/mol. The van der Waals surface area contributed by atoms with E-state index in [1.807, 2.05) is 20.8 Å². The fourth-order valence-electron chi connectivity index (χ4n) is 1.57. The Morgan fingerprint density at radius 3 is 2.59 bits per heavy atom. The molecule has 0 saturated heterocycles. The number of hydrogen-bond acceptors (Lipinski definition) is 5. The summed E-state index contributed by atoms with van der Waals surface area (Å²) >= 11 is 0. The molecule has 1 N–H and O–H groups in total. The molecule has 0 radical (unpaired) electrons. The van der Waals surface area contributed by atoms with Crippen LogP contribution in [-0.4, -0.2) is 39.2 Å². The molecule has 0 aliphatic carbocycles. The van der Waals surface area contributed by atoms with Crippen molar-refractivity contribution in [1.29, 1.82) is 0 Å². The second kappa shape index (κ2) is 5.77. The lowest BCUT2D eigenvalue weighted by molar-refractivity contribution is -0.143. The predicted molar refractivity (Wildman–Crippen MR) is 61.6 cm³/mol. The third kappa shape index (κ3) is 3.52. The highest BCUT2D eigenvalue weighted by atomic mass is 16.5. The fourth-order valence-corrected chi connectivity index (χ4v) is 1.57. The molecule has 0 amide bonds. The quantitative estimate of drug-likeness (QED) is 0.812. The number of carboxylic acids is 1. The maximum absolute atomic E-state index is 11.0. The van der Waals surface area contributed by atoms with Crippen molar-refractivity contribution >= 4 is 5.97 Å². The maximum atomic E-state index is 11.0. The van der Waals surface area contributed by atoms with Crippen LogP contribution in [0.4, 0.5) is 0 Å². The van der Waals surface area contributed by atoms with Crippen molar-refractivity contribution in [2.75, 3.05) is 7.05 Å². The zero-order valence-electron chi connectivity index (χ0n) is 10.7. The van der Waals surface area contributed by atoms with Gasteiger partial charge < -0.3 is 9.63 Å². The number of carboxylic acid groups (broad SMARTS) is 1. The minimum absolute atomic E-state index is 0.183. The van der Waals surface area contributed by atoms with Crippen LogP contribution in [0.2, 0.25) is 0 Å². The lowest BCUT2D eigenvalue weighted by atomic mass is 10.2. The lowest BCUT2D eigenvalue weighted by Gasteiger charge is -2.21. The van der Waals surface area contributed by atoms with Gasteiger partial charge in [-0.1, -0.05) is 25.9 Å². The predicted octanol–water partition coefficient (Wildman–Crippen LogP) is 1.49. The van der Waals surface area contributed by atoms with E-state index in [2.05, 4.69) is 10.1 Å². The average molecular weight is 241 g/mol. The molecule has 96 valence electrons. The Morgan fingerprint density at radius 1 is 1.53 bits per heavy atom. The maximum Gasteiger partial charge on any atom is 0.320 e. The smallest absolute Gasteiger partial charge is 0.320 e. The van der Waals surface area contributed by atoms with Crippen LogP contribution in [0.5, 0.6) is 0 Å². The standard InChI is InChI=1S/C11H19N3O3/c1-5-8(11(15)16)14(4)6-9-12-10(7(2)3)17-13-9/h7-8H,5-6H2,1-4H3,(H,15,16). The van der Waals surface area contributed by atoms with Gasteiger partial charge in [0, 0.05) is 5.92 Å². The van der Waals surface area contributed by atoms with Crippen LogP contribution in [-0.2, 0) is 11.3 Å². The van der Waals surface area contributed by atoms with E-state index >= 15 is 0 Å². The number of carbonyl (C=O) groups is 1. The number of hydrogen-bond donors (Lipinski definition) is 1. The van der Waals surface area contributed by atoms with E-state index in [0.717, 1.165) is 0 Å². The third-order valence-electron chi connectivity index (χ3n) is 2.57. The number of rotatable bonds is 6. The van der Waals surface area contributed by atoms with Crippen LogP contribution in [0.15, 0.2) is 4.52 Å². The second-order valence-corrected chi connectivity index (χ2v) is 4.38. The summed E-state index contributed by atoms with van der Waals surface area (Å²) < 4.78 is 5.07.